The van der Waals surface area contributed by atoms with E-state index in [1.807, 2.05) is 0 Å². The molecule has 0 saturated heterocycles. The summed E-state index contributed by atoms with van der Waals surface area (Å²) in [5.74, 6) is 0.464. The molecule has 1 aromatic heterocycles. The molecular weight excluding hydrogens is 368 g/mol. The minimum atomic E-state index is -0.186. The van der Waals surface area contributed by atoms with Crippen molar-refractivity contribution < 1.29 is 14.1 Å². The molecule has 3 rings (SSSR count). The summed E-state index contributed by atoms with van der Waals surface area (Å²) in [5, 5.41) is 9.85. The Balaban J connectivity index is 1.53. The average molecular weight is 385 g/mol. The van der Waals surface area contributed by atoms with Gasteiger partial charge in [-0.25, -0.2) is 0 Å². The molecule has 0 unspecified atom stereocenters. The van der Waals surface area contributed by atoms with Crippen molar-refractivity contribution in [2.45, 2.75) is 12.8 Å². The maximum absolute atomic E-state index is 12.1. The second kappa shape index (κ2) is 8.46. The lowest BCUT2D eigenvalue weighted by atomic mass is 10.2. The van der Waals surface area contributed by atoms with Crippen LogP contribution in [0.4, 0.5) is 5.69 Å². The van der Waals surface area contributed by atoms with E-state index < -0.39 is 0 Å². The lowest BCUT2D eigenvalue weighted by molar-refractivity contribution is -0.116. The number of carbonyl (C=O) groups is 2. The van der Waals surface area contributed by atoms with Gasteiger partial charge in [0.25, 0.3) is 5.91 Å². The number of amides is 2. The Bertz CT molecular complexity index is 936. The van der Waals surface area contributed by atoms with E-state index in [2.05, 4.69) is 20.8 Å². The fourth-order valence-electron chi connectivity index (χ4n) is 2.37. The number of rotatable bonds is 6. The Morgan fingerprint density at radius 1 is 1.07 bits per heavy atom. The van der Waals surface area contributed by atoms with E-state index in [-0.39, 0.29) is 18.2 Å². The Morgan fingerprint density at radius 2 is 1.78 bits per heavy atom. The number of nitrogens with one attached hydrogen (secondary N) is 2. The lowest BCUT2D eigenvalue weighted by Crippen LogP contribution is -2.18. The highest BCUT2D eigenvalue weighted by Gasteiger charge is 2.11. The normalized spacial score (nSPS) is 10.4. The first-order valence-corrected chi connectivity index (χ1v) is 8.63. The number of hydrogen-bond donors (Lipinski definition) is 2. The number of hydrogen-bond acceptors (Lipinski definition) is 5. The largest absolute Gasteiger partial charge is 0.355 e. The van der Waals surface area contributed by atoms with Crippen LogP contribution in [0.15, 0.2) is 53.1 Å². The summed E-state index contributed by atoms with van der Waals surface area (Å²) in [4.78, 5) is 27.9. The molecule has 138 valence electrons. The number of carbonyl (C=O) groups excluding carboxylic acids is 2. The molecule has 27 heavy (non-hydrogen) atoms. The summed E-state index contributed by atoms with van der Waals surface area (Å²) in [7, 11) is 1.56. The number of aromatic nitrogens is 2. The van der Waals surface area contributed by atoms with Crippen molar-refractivity contribution in [1.29, 1.82) is 0 Å². The first-order chi connectivity index (χ1) is 13.0. The molecule has 0 bridgehead atoms. The minimum absolute atomic E-state index is 0.180. The van der Waals surface area contributed by atoms with Gasteiger partial charge in [0.2, 0.25) is 17.6 Å². The van der Waals surface area contributed by atoms with Gasteiger partial charge in [-0.15, -0.1) is 0 Å². The van der Waals surface area contributed by atoms with Gasteiger partial charge in [0.15, 0.2) is 0 Å². The number of benzene rings is 2. The molecule has 0 spiro atoms. The summed E-state index contributed by atoms with van der Waals surface area (Å²) in [6.45, 7) is 0. The Kier molecular flexibility index (Phi) is 5.83. The maximum atomic E-state index is 12.1. The Morgan fingerprint density at radius 3 is 2.44 bits per heavy atom. The Labute approximate surface area is 160 Å². The van der Waals surface area contributed by atoms with Crippen LogP contribution in [-0.4, -0.2) is 29.0 Å². The van der Waals surface area contributed by atoms with Crippen molar-refractivity contribution in [2.24, 2.45) is 0 Å². The van der Waals surface area contributed by atoms with E-state index in [0.29, 0.717) is 34.4 Å². The standard InChI is InChI=1S/C19H17ClN4O3/c1-21-19(26)13-4-8-15(9-5-13)22-16(25)10-11-17-23-18(24-27-17)12-2-6-14(20)7-3-12/h2-9H,10-11H2,1H3,(H,21,26)(H,22,25). The van der Waals surface area contributed by atoms with Crippen LogP contribution in [0.1, 0.15) is 22.7 Å². The van der Waals surface area contributed by atoms with E-state index in [0.717, 1.165) is 5.56 Å². The van der Waals surface area contributed by atoms with Crippen molar-refractivity contribution in [3.05, 3.63) is 65.0 Å². The highest BCUT2D eigenvalue weighted by molar-refractivity contribution is 6.30. The van der Waals surface area contributed by atoms with Crippen molar-refractivity contribution in [3.63, 3.8) is 0 Å². The smallest absolute Gasteiger partial charge is 0.251 e. The van der Waals surface area contributed by atoms with Gasteiger partial charge in [-0.05, 0) is 48.5 Å². The third-order valence-corrected chi connectivity index (χ3v) is 4.05. The van der Waals surface area contributed by atoms with Gasteiger partial charge in [-0.1, -0.05) is 16.8 Å². The predicted octanol–water partition coefficient (Wildman–Crippen LogP) is 3.32. The van der Waals surface area contributed by atoms with Crippen molar-refractivity contribution >= 4 is 29.1 Å². The van der Waals surface area contributed by atoms with Gasteiger partial charge in [0.05, 0.1) is 0 Å². The van der Waals surface area contributed by atoms with Crippen molar-refractivity contribution in [3.8, 4) is 11.4 Å². The summed E-state index contributed by atoms with van der Waals surface area (Å²) in [6.07, 6.45) is 0.516. The van der Waals surface area contributed by atoms with Crippen LogP contribution >= 0.6 is 11.6 Å². The topological polar surface area (TPSA) is 97.1 Å². The van der Waals surface area contributed by atoms with Gasteiger partial charge in [0, 0.05) is 41.7 Å². The molecule has 2 amide bonds. The zero-order chi connectivity index (χ0) is 19.2. The predicted molar refractivity (Wildman–Crippen MR) is 102 cm³/mol. The summed E-state index contributed by atoms with van der Waals surface area (Å²) < 4.78 is 5.19. The Hall–Kier alpha value is -3.19. The SMILES string of the molecule is CNC(=O)c1ccc(NC(=O)CCc2nc(-c3ccc(Cl)cc3)no2)cc1. The van der Waals surface area contributed by atoms with E-state index in [1.165, 1.54) is 0 Å². The second-order valence-corrected chi connectivity index (χ2v) is 6.16. The molecule has 7 nitrogen and oxygen atoms in total. The molecule has 0 radical (unpaired) electrons. The van der Waals surface area contributed by atoms with E-state index in [9.17, 15) is 9.59 Å². The van der Waals surface area contributed by atoms with Crippen LogP contribution in [0.2, 0.25) is 5.02 Å². The zero-order valence-electron chi connectivity index (χ0n) is 14.5. The third kappa shape index (κ3) is 4.92. The number of aryl methyl sites for hydroxylation is 1. The van der Waals surface area contributed by atoms with Gasteiger partial charge < -0.3 is 15.2 Å². The van der Waals surface area contributed by atoms with Gasteiger partial charge in [0.1, 0.15) is 0 Å². The van der Waals surface area contributed by atoms with Gasteiger partial charge in [-0.3, -0.25) is 9.59 Å². The van der Waals surface area contributed by atoms with E-state index >= 15 is 0 Å². The molecule has 0 aliphatic carbocycles. The summed E-state index contributed by atoms with van der Waals surface area (Å²) in [6, 6.07) is 13.7. The van der Waals surface area contributed by atoms with Gasteiger partial charge in [-0.2, -0.15) is 4.98 Å². The molecule has 8 heteroatoms. The van der Waals surface area contributed by atoms with Gasteiger partial charge >= 0.3 is 0 Å². The third-order valence-electron chi connectivity index (χ3n) is 3.79. The maximum Gasteiger partial charge on any atom is 0.251 e. The van der Waals surface area contributed by atoms with Crippen LogP contribution in [0, 0.1) is 0 Å². The van der Waals surface area contributed by atoms with Crippen LogP contribution in [0.25, 0.3) is 11.4 Å². The monoisotopic (exact) mass is 384 g/mol. The summed E-state index contributed by atoms with van der Waals surface area (Å²) >= 11 is 5.86. The van der Waals surface area contributed by atoms with Crippen LogP contribution in [0.5, 0.6) is 0 Å². The highest BCUT2D eigenvalue weighted by Crippen LogP contribution is 2.19. The summed E-state index contributed by atoms with van der Waals surface area (Å²) in [5.41, 5.74) is 1.92. The highest BCUT2D eigenvalue weighted by atomic mass is 35.5. The molecule has 0 atom stereocenters. The number of halogens is 1. The van der Waals surface area contributed by atoms with Crippen LogP contribution < -0.4 is 10.6 Å². The molecule has 2 aromatic carbocycles. The number of anilines is 1. The molecule has 1 heterocycles. The fraction of sp³-hybridized carbons (Fsp3) is 0.158. The lowest BCUT2D eigenvalue weighted by Gasteiger charge is -2.05. The molecule has 2 N–H and O–H groups in total. The van der Waals surface area contributed by atoms with Crippen molar-refractivity contribution in [2.75, 3.05) is 12.4 Å². The quantitative estimate of drug-likeness (QED) is 0.679. The van der Waals surface area contributed by atoms with Crippen molar-refractivity contribution in [1.82, 2.24) is 15.5 Å². The second-order valence-electron chi connectivity index (χ2n) is 5.72. The molecule has 0 saturated carbocycles. The first kappa shape index (κ1) is 18.6. The first-order valence-electron chi connectivity index (χ1n) is 8.25. The van der Waals surface area contributed by atoms with E-state index in [4.69, 9.17) is 16.1 Å². The minimum Gasteiger partial charge on any atom is -0.355 e. The molecule has 3 aromatic rings. The zero-order valence-corrected chi connectivity index (χ0v) is 15.3. The van der Waals surface area contributed by atoms with E-state index in [1.54, 1.807) is 55.6 Å². The number of nitrogens with zero attached hydrogens (tertiary/aromatic N) is 2. The molecule has 0 aliphatic rings. The van der Waals surface area contributed by atoms with Crippen LogP contribution in [-0.2, 0) is 11.2 Å². The van der Waals surface area contributed by atoms with Crippen LogP contribution in [0.3, 0.4) is 0 Å². The molecule has 0 aliphatic heterocycles. The molecular formula is C19H17ClN4O3. The average Bonchev–Trinajstić information content (AvgIpc) is 3.16. The molecule has 0 fully saturated rings. The fourth-order valence-corrected chi connectivity index (χ4v) is 2.49.